The minimum absolute atomic E-state index is 0.00840. The van der Waals surface area contributed by atoms with Gasteiger partial charge in [-0.15, -0.1) is 0 Å². The first-order valence-electron chi connectivity index (χ1n) is 5.55. The molecule has 2 aliphatic heterocycles. The molecular formula is C11H19NO2. The first-order valence-corrected chi connectivity index (χ1v) is 5.55. The molecule has 3 aliphatic rings. The molecule has 0 unspecified atom stereocenters. The van der Waals surface area contributed by atoms with Crippen LogP contribution in [0.4, 0.5) is 0 Å². The van der Waals surface area contributed by atoms with Gasteiger partial charge in [0, 0.05) is 0 Å². The fourth-order valence-corrected chi connectivity index (χ4v) is 3.27. The summed E-state index contributed by atoms with van der Waals surface area (Å²) >= 11 is 0. The first kappa shape index (κ1) is 9.13. The fourth-order valence-electron chi connectivity index (χ4n) is 3.27. The van der Waals surface area contributed by atoms with Crippen molar-refractivity contribution in [2.75, 3.05) is 19.8 Å². The summed E-state index contributed by atoms with van der Waals surface area (Å²) in [5.41, 5.74) is 0.705. The maximum atomic E-state index is 5.90. The first-order chi connectivity index (χ1) is 6.54. The number of nitrogens with one attached hydrogen (secondary N) is 1. The highest BCUT2D eigenvalue weighted by Crippen LogP contribution is 2.51. The van der Waals surface area contributed by atoms with Crippen molar-refractivity contribution in [1.82, 2.24) is 5.32 Å². The Morgan fingerprint density at radius 1 is 1.14 bits per heavy atom. The van der Waals surface area contributed by atoms with Gasteiger partial charge in [0.05, 0.1) is 25.4 Å². The summed E-state index contributed by atoms with van der Waals surface area (Å²) in [6, 6.07) is 0. The van der Waals surface area contributed by atoms with E-state index in [9.17, 15) is 0 Å². The third-order valence-corrected chi connectivity index (χ3v) is 3.74. The third kappa shape index (κ3) is 1.23. The van der Waals surface area contributed by atoms with Gasteiger partial charge in [-0.2, -0.15) is 0 Å². The predicted molar refractivity (Wildman–Crippen MR) is 53.0 cm³/mol. The van der Waals surface area contributed by atoms with Gasteiger partial charge in [0.15, 0.2) is 0 Å². The highest BCUT2D eigenvalue weighted by atomic mass is 16.5. The quantitative estimate of drug-likeness (QED) is 0.634. The van der Waals surface area contributed by atoms with Crippen LogP contribution in [0.15, 0.2) is 0 Å². The summed E-state index contributed by atoms with van der Waals surface area (Å²) in [6.07, 6.45) is 3.39. The average Bonchev–Trinajstić information content (AvgIpc) is 1.98. The van der Waals surface area contributed by atoms with Crippen LogP contribution in [-0.4, -0.2) is 31.1 Å². The van der Waals surface area contributed by atoms with E-state index in [1.807, 2.05) is 0 Å². The van der Waals surface area contributed by atoms with E-state index >= 15 is 0 Å². The van der Waals surface area contributed by atoms with Gasteiger partial charge in [0.1, 0.15) is 5.72 Å². The molecule has 3 rings (SSSR count). The molecule has 3 heteroatoms. The molecule has 1 saturated carbocycles. The van der Waals surface area contributed by atoms with Crippen molar-refractivity contribution in [3.05, 3.63) is 0 Å². The van der Waals surface area contributed by atoms with Gasteiger partial charge in [0.2, 0.25) is 0 Å². The molecule has 0 aromatic carbocycles. The Bertz CT molecular complexity index is 250. The number of rotatable bonds is 0. The summed E-state index contributed by atoms with van der Waals surface area (Å²) in [6.45, 7) is 7.26. The number of hydrogen-bond acceptors (Lipinski definition) is 3. The minimum atomic E-state index is -0.00840. The van der Waals surface area contributed by atoms with Gasteiger partial charge in [-0.1, -0.05) is 13.8 Å². The van der Waals surface area contributed by atoms with Crippen LogP contribution >= 0.6 is 0 Å². The molecule has 2 saturated heterocycles. The minimum Gasteiger partial charge on any atom is -0.377 e. The lowest BCUT2D eigenvalue weighted by Gasteiger charge is -2.61. The van der Waals surface area contributed by atoms with Crippen molar-refractivity contribution in [2.24, 2.45) is 5.41 Å². The smallest absolute Gasteiger partial charge is 0.120 e. The average molecular weight is 197 g/mol. The zero-order valence-corrected chi connectivity index (χ0v) is 9.06. The van der Waals surface area contributed by atoms with Crippen LogP contribution in [0.5, 0.6) is 0 Å². The van der Waals surface area contributed by atoms with Crippen LogP contribution in [0.25, 0.3) is 0 Å². The van der Waals surface area contributed by atoms with Crippen LogP contribution in [-0.2, 0) is 9.47 Å². The maximum Gasteiger partial charge on any atom is 0.120 e. The van der Waals surface area contributed by atoms with Gasteiger partial charge in [-0.25, -0.2) is 0 Å². The van der Waals surface area contributed by atoms with Crippen molar-refractivity contribution in [3.8, 4) is 0 Å². The van der Waals surface area contributed by atoms with Crippen molar-refractivity contribution < 1.29 is 9.47 Å². The van der Waals surface area contributed by atoms with Gasteiger partial charge in [0.25, 0.3) is 0 Å². The second kappa shape index (κ2) is 2.52. The normalized spacial score (nSPS) is 36.4. The second-order valence-electron chi connectivity index (χ2n) is 6.01. The molecular weight excluding hydrogens is 178 g/mol. The van der Waals surface area contributed by atoms with E-state index in [-0.39, 0.29) is 11.3 Å². The fraction of sp³-hybridized carbons (Fsp3) is 1.00. The molecule has 80 valence electrons. The molecule has 2 heterocycles. The summed E-state index contributed by atoms with van der Waals surface area (Å²) in [5, 5.41) is 3.69. The monoisotopic (exact) mass is 197 g/mol. The van der Waals surface area contributed by atoms with Crippen molar-refractivity contribution in [2.45, 2.75) is 44.4 Å². The van der Waals surface area contributed by atoms with Gasteiger partial charge < -0.3 is 9.47 Å². The molecule has 0 atom stereocenters. The van der Waals surface area contributed by atoms with Gasteiger partial charge in [-0.05, 0) is 24.7 Å². The van der Waals surface area contributed by atoms with E-state index < -0.39 is 0 Å². The summed E-state index contributed by atoms with van der Waals surface area (Å²) in [4.78, 5) is 0. The molecule has 1 N–H and O–H groups in total. The molecule has 0 bridgehead atoms. The lowest BCUT2D eigenvalue weighted by molar-refractivity contribution is -0.251. The van der Waals surface area contributed by atoms with E-state index in [2.05, 4.69) is 19.2 Å². The van der Waals surface area contributed by atoms with Crippen molar-refractivity contribution in [3.63, 3.8) is 0 Å². The maximum absolute atomic E-state index is 5.90. The summed E-state index contributed by atoms with van der Waals surface area (Å²) in [5.74, 6) is 0. The second-order valence-corrected chi connectivity index (χ2v) is 6.01. The predicted octanol–water partition coefficient (Wildman–Crippen LogP) is 1.28. The van der Waals surface area contributed by atoms with E-state index in [4.69, 9.17) is 9.47 Å². The van der Waals surface area contributed by atoms with Crippen LogP contribution < -0.4 is 5.32 Å². The zero-order chi connectivity index (χ0) is 9.86. The van der Waals surface area contributed by atoms with Gasteiger partial charge >= 0.3 is 0 Å². The summed E-state index contributed by atoms with van der Waals surface area (Å²) < 4.78 is 11.2. The molecule has 14 heavy (non-hydrogen) atoms. The van der Waals surface area contributed by atoms with Crippen molar-refractivity contribution in [1.29, 1.82) is 0 Å². The highest BCUT2D eigenvalue weighted by molar-refractivity contribution is 5.08. The SMILES string of the molecule is CC1(C)CC2(C1)NC1(CCO2)COC1. The lowest BCUT2D eigenvalue weighted by atomic mass is 9.64. The standard InChI is InChI=1S/C11H19NO2/c1-9(2)5-11(6-9)12-10(3-4-14-11)7-13-8-10/h12H,3-8H2,1-2H3. The Kier molecular flexibility index (Phi) is 1.64. The Balaban J connectivity index is 1.71. The van der Waals surface area contributed by atoms with Crippen LogP contribution in [0, 0.1) is 5.41 Å². The molecule has 1 aliphatic carbocycles. The molecule has 3 fully saturated rings. The lowest BCUT2D eigenvalue weighted by Crippen LogP contribution is -2.75. The van der Waals surface area contributed by atoms with E-state index in [1.54, 1.807) is 0 Å². The van der Waals surface area contributed by atoms with Crippen LogP contribution in [0.3, 0.4) is 0 Å². The largest absolute Gasteiger partial charge is 0.377 e. The van der Waals surface area contributed by atoms with Gasteiger partial charge in [-0.3, -0.25) is 5.32 Å². The Hall–Kier alpha value is -0.120. The molecule has 0 amide bonds. The summed E-state index contributed by atoms with van der Waals surface area (Å²) in [7, 11) is 0. The van der Waals surface area contributed by atoms with E-state index in [1.165, 1.54) is 0 Å². The molecule has 0 aromatic rings. The molecule has 0 radical (unpaired) electrons. The highest BCUT2D eigenvalue weighted by Gasteiger charge is 2.57. The van der Waals surface area contributed by atoms with E-state index in [0.29, 0.717) is 5.41 Å². The van der Waals surface area contributed by atoms with E-state index in [0.717, 1.165) is 39.1 Å². The van der Waals surface area contributed by atoms with Crippen LogP contribution in [0.2, 0.25) is 0 Å². The molecule has 0 aromatic heterocycles. The Labute approximate surface area is 85.1 Å². The Morgan fingerprint density at radius 2 is 1.86 bits per heavy atom. The zero-order valence-electron chi connectivity index (χ0n) is 9.06. The Morgan fingerprint density at radius 3 is 2.36 bits per heavy atom. The number of ether oxygens (including phenoxy) is 2. The molecule has 3 nitrogen and oxygen atoms in total. The third-order valence-electron chi connectivity index (χ3n) is 3.74. The van der Waals surface area contributed by atoms with Crippen LogP contribution in [0.1, 0.15) is 33.1 Å². The number of hydrogen-bond donors (Lipinski definition) is 1. The molecule has 2 spiro atoms. The topological polar surface area (TPSA) is 30.5 Å². The van der Waals surface area contributed by atoms with Crippen molar-refractivity contribution >= 4 is 0 Å².